The van der Waals surface area contributed by atoms with E-state index < -0.39 is 5.97 Å². The van der Waals surface area contributed by atoms with Crippen molar-refractivity contribution < 1.29 is 14.7 Å². The van der Waals surface area contributed by atoms with E-state index in [0.717, 1.165) is 19.3 Å². The molecule has 1 rings (SSSR count). The second-order valence-electron chi connectivity index (χ2n) is 5.46. The predicted molar refractivity (Wildman–Crippen MR) is 74.0 cm³/mol. The van der Waals surface area contributed by atoms with Crippen LogP contribution in [0, 0.1) is 0 Å². The molecule has 1 atom stereocenters. The molecule has 0 aromatic rings. The summed E-state index contributed by atoms with van der Waals surface area (Å²) >= 11 is 0. The molecule has 0 heterocycles. The molecule has 5 nitrogen and oxygen atoms in total. The number of hydrogen-bond donors (Lipinski definition) is 2. The molecule has 1 amide bonds. The Bertz CT molecular complexity index is 301. The van der Waals surface area contributed by atoms with E-state index in [9.17, 15) is 9.59 Å². The third-order valence-corrected chi connectivity index (χ3v) is 3.87. The fourth-order valence-corrected chi connectivity index (χ4v) is 2.50. The molecule has 5 heteroatoms. The van der Waals surface area contributed by atoms with Crippen LogP contribution >= 0.6 is 0 Å². The van der Waals surface area contributed by atoms with Crippen molar-refractivity contribution in [2.45, 2.75) is 64.5 Å². The number of amides is 1. The Hall–Kier alpha value is -1.10. The van der Waals surface area contributed by atoms with Crippen LogP contribution in [-0.4, -0.2) is 47.1 Å². The minimum Gasteiger partial charge on any atom is -0.480 e. The van der Waals surface area contributed by atoms with E-state index in [2.05, 4.69) is 5.32 Å². The Labute approximate surface area is 115 Å². The summed E-state index contributed by atoms with van der Waals surface area (Å²) in [4.78, 5) is 24.5. The summed E-state index contributed by atoms with van der Waals surface area (Å²) < 4.78 is 0. The van der Waals surface area contributed by atoms with E-state index in [1.54, 1.807) is 4.90 Å². The van der Waals surface area contributed by atoms with Gasteiger partial charge in [0.05, 0.1) is 13.1 Å². The van der Waals surface area contributed by atoms with Crippen LogP contribution in [0.2, 0.25) is 0 Å². The van der Waals surface area contributed by atoms with Crippen LogP contribution < -0.4 is 5.32 Å². The third kappa shape index (κ3) is 6.05. The first kappa shape index (κ1) is 16.0. The van der Waals surface area contributed by atoms with E-state index in [1.165, 1.54) is 19.3 Å². The van der Waals surface area contributed by atoms with Crippen molar-refractivity contribution in [1.82, 2.24) is 10.2 Å². The van der Waals surface area contributed by atoms with Crippen molar-refractivity contribution in [3.8, 4) is 0 Å². The highest BCUT2D eigenvalue weighted by molar-refractivity contribution is 5.79. The fraction of sp³-hybridized carbons (Fsp3) is 0.857. The molecule has 0 aliphatic heterocycles. The number of carboxylic acids is 1. The minimum atomic E-state index is -0.884. The number of nitrogens with zero attached hydrogens (tertiary/aromatic N) is 1. The summed E-state index contributed by atoms with van der Waals surface area (Å²) in [7, 11) is 0. The Morgan fingerprint density at radius 2 is 1.89 bits per heavy atom. The maximum absolute atomic E-state index is 12.0. The summed E-state index contributed by atoms with van der Waals surface area (Å²) in [5.74, 6) is -0.931. The van der Waals surface area contributed by atoms with Crippen LogP contribution in [0.4, 0.5) is 0 Å². The quantitative estimate of drug-likeness (QED) is 0.737. The Morgan fingerprint density at radius 1 is 1.26 bits per heavy atom. The Kier molecular flexibility index (Phi) is 6.84. The maximum atomic E-state index is 12.0. The molecule has 1 unspecified atom stereocenters. The van der Waals surface area contributed by atoms with Crippen molar-refractivity contribution in [1.29, 1.82) is 0 Å². The monoisotopic (exact) mass is 270 g/mol. The van der Waals surface area contributed by atoms with Gasteiger partial charge in [-0.15, -0.1) is 0 Å². The van der Waals surface area contributed by atoms with Crippen LogP contribution in [-0.2, 0) is 9.59 Å². The Balaban J connectivity index is 2.43. The van der Waals surface area contributed by atoms with Gasteiger partial charge in [-0.3, -0.25) is 14.5 Å². The van der Waals surface area contributed by atoms with E-state index in [4.69, 9.17) is 5.11 Å². The van der Waals surface area contributed by atoms with E-state index >= 15 is 0 Å². The molecular formula is C14H26N2O3. The molecule has 0 aromatic heterocycles. The van der Waals surface area contributed by atoms with Gasteiger partial charge in [0.2, 0.25) is 5.91 Å². The molecule has 0 radical (unpaired) electrons. The van der Waals surface area contributed by atoms with Gasteiger partial charge in [0, 0.05) is 12.1 Å². The normalized spacial score (nSPS) is 18.3. The number of carbonyl (C=O) groups is 2. The summed E-state index contributed by atoms with van der Waals surface area (Å²) in [5, 5.41) is 11.9. The van der Waals surface area contributed by atoms with Crippen molar-refractivity contribution in [2.24, 2.45) is 0 Å². The van der Waals surface area contributed by atoms with E-state index in [-0.39, 0.29) is 31.1 Å². The second-order valence-corrected chi connectivity index (χ2v) is 5.46. The molecule has 0 bridgehead atoms. The number of rotatable bonds is 7. The highest BCUT2D eigenvalue weighted by Crippen LogP contribution is 2.17. The molecule has 19 heavy (non-hydrogen) atoms. The molecule has 0 aromatic carbocycles. The Morgan fingerprint density at radius 3 is 2.42 bits per heavy atom. The third-order valence-electron chi connectivity index (χ3n) is 3.87. The smallest absolute Gasteiger partial charge is 0.317 e. The summed E-state index contributed by atoms with van der Waals surface area (Å²) in [6.45, 7) is 4.06. The molecular weight excluding hydrogens is 244 g/mol. The highest BCUT2D eigenvalue weighted by atomic mass is 16.4. The molecule has 1 aliphatic carbocycles. The molecule has 1 saturated carbocycles. The molecule has 110 valence electrons. The first-order valence-electron chi connectivity index (χ1n) is 7.28. The molecule has 2 N–H and O–H groups in total. The molecule has 0 spiro atoms. The van der Waals surface area contributed by atoms with Crippen LogP contribution in [0.25, 0.3) is 0 Å². The fourth-order valence-electron chi connectivity index (χ4n) is 2.50. The number of nitrogens with one attached hydrogen (secondary N) is 1. The van der Waals surface area contributed by atoms with Gasteiger partial charge in [0.1, 0.15) is 0 Å². The summed E-state index contributed by atoms with van der Waals surface area (Å²) in [5.41, 5.74) is 0. The van der Waals surface area contributed by atoms with Crippen LogP contribution in [0.3, 0.4) is 0 Å². The van der Waals surface area contributed by atoms with Gasteiger partial charge in [-0.1, -0.05) is 26.2 Å². The van der Waals surface area contributed by atoms with Gasteiger partial charge < -0.3 is 10.4 Å². The largest absolute Gasteiger partial charge is 0.480 e. The average molecular weight is 270 g/mol. The van der Waals surface area contributed by atoms with Crippen LogP contribution in [0.15, 0.2) is 0 Å². The lowest BCUT2D eigenvalue weighted by molar-refractivity contribution is -0.139. The van der Waals surface area contributed by atoms with Gasteiger partial charge in [0.25, 0.3) is 0 Å². The van der Waals surface area contributed by atoms with Crippen molar-refractivity contribution in [3.63, 3.8) is 0 Å². The van der Waals surface area contributed by atoms with Crippen LogP contribution in [0.5, 0.6) is 0 Å². The molecule has 1 aliphatic rings. The van der Waals surface area contributed by atoms with E-state index in [0.29, 0.717) is 0 Å². The van der Waals surface area contributed by atoms with Gasteiger partial charge in [-0.25, -0.2) is 0 Å². The second kappa shape index (κ2) is 8.15. The molecule has 1 fully saturated rings. The lowest BCUT2D eigenvalue weighted by atomic mass is 9.95. The molecule has 0 saturated heterocycles. The van der Waals surface area contributed by atoms with Crippen molar-refractivity contribution in [2.75, 3.05) is 13.1 Å². The van der Waals surface area contributed by atoms with Gasteiger partial charge >= 0.3 is 5.97 Å². The first-order valence-corrected chi connectivity index (χ1v) is 7.28. The lowest BCUT2D eigenvalue weighted by Crippen LogP contribution is -2.46. The maximum Gasteiger partial charge on any atom is 0.317 e. The average Bonchev–Trinajstić information content (AvgIpc) is 2.37. The number of hydrogen-bond acceptors (Lipinski definition) is 3. The minimum absolute atomic E-state index is 0.0477. The first-order chi connectivity index (χ1) is 9.02. The zero-order valence-corrected chi connectivity index (χ0v) is 12.0. The van der Waals surface area contributed by atoms with Crippen molar-refractivity contribution >= 4 is 11.9 Å². The van der Waals surface area contributed by atoms with Gasteiger partial charge in [-0.2, -0.15) is 0 Å². The van der Waals surface area contributed by atoms with Crippen LogP contribution in [0.1, 0.15) is 52.4 Å². The van der Waals surface area contributed by atoms with Gasteiger partial charge in [-0.05, 0) is 26.2 Å². The summed E-state index contributed by atoms with van der Waals surface area (Å²) in [6.07, 6.45) is 6.54. The zero-order valence-electron chi connectivity index (χ0n) is 12.0. The zero-order chi connectivity index (χ0) is 14.3. The van der Waals surface area contributed by atoms with Gasteiger partial charge in [0.15, 0.2) is 0 Å². The number of carbonyl (C=O) groups excluding carboxylic acids is 1. The van der Waals surface area contributed by atoms with Crippen molar-refractivity contribution in [3.05, 3.63) is 0 Å². The number of aliphatic carboxylic acids is 1. The highest BCUT2D eigenvalue weighted by Gasteiger charge is 2.21. The topological polar surface area (TPSA) is 69.6 Å². The summed E-state index contributed by atoms with van der Waals surface area (Å²) in [6, 6.07) is 0.387. The predicted octanol–water partition coefficient (Wildman–Crippen LogP) is 1.62. The SMILES string of the molecule is CCC(C)N(CC(=O)O)CC(=O)NC1CCCCC1. The standard InChI is InChI=1S/C14H26N2O3/c1-3-11(2)16(10-14(18)19)9-13(17)15-12-7-5-4-6-8-12/h11-12H,3-10H2,1-2H3,(H,15,17)(H,18,19). The number of carboxylic acid groups (broad SMARTS) is 1. The lowest BCUT2D eigenvalue weighted by Gasteiger charge is -2.28. The van der Waals surface area contributed by atoms with E-state index in [1.807, 2.05) is 13.8 Å².